The second kappa shape index (κ2) is 5.80. The van der Waals surface area contributed by atoms with E-state index < -0.39 is 8.56 Å². The van der Waals surface area contributed by atoms with Gasteiger partial charge in [0.05, 0.1) is 5.54 Å². The lowest BCUT2D eigenvalue weighted by atomic mass is 10.3. The fourth-order valence-electron chi connectivity index (χ4n) is 1.27. The molecule has 0 aliphatic carbocycles. The third-order valence-electron chi connectivity index (χ3n) is 2.32. The van der Waals surface area contributed by atoms with Gasteiger partial charge in [-0.25, -0.2) is 0 Å². The predicted molar refractivity (Wildman–Crippen MR) is 58.3 cm³/mol. The monoisotopic (exact) mass is 222 g/mol. The largest absolute Gasteiger partial charge is 0.397 e. The van der Waals surface area contributed by atoms with Crippen LogP contribution in [0.5, 0.6) is 0 Å². The van der Waals surface area contributed by atoms with Crippen molar-refractivity contribution in [3.05, 3.63) is 0 Å². The van der Waals surface area contributed by atoms with Crippen LogP contribution in [0.2, 0.25) is 12.1 Å². The summed E-state index contributed by atoms with van der Waals surface area (Å²) in [6.45, 7) is 3.92. The SMILES string of the molecule is CCCC(C(=O)S)[Si](C)(OC)OC. The van der Waals surface area contributed by atoms with E-state index in [0.29, 0.717) is 0 Å². The lowest BCUT2D eigenvalue weighted by molar-refractivity contribution is -0.111. The molecule has 0 saturated heterocycles. The summed E-state index contributed by atoms with van der Waals surface area (Å²) in [5.74, 6) is 0. The normalized spacial score (nSPS) is 14.2. The molecule has 78 valence electrons. The molecular formula is C8H18O3SSi. The van der Waals surface area contributed by atoms with Crippen LogP contribution in [0.3, 0.4) is 0 Å². The van der Waals surface area contributed by atoms with E-state index >= 15 is 0 Å². The van der Waals surface area contributed by atoms with Crippen LogP contribution in [-0.2, 0) is 13.6 Å². The highest BCUT2D eigenvalue weighted by molar-refractivity contribution is 7.97. The first kappa shape index (κ1) is 13.2. The van der Waals surface area contributed by atoms with Gasteiger partial charge >= 0.3 is 8.56 Å². The van der Waals surface area contributed by atoms with Crippen molar-refractivity contribution in [3.8, 4) is 0 Å². The molecule has 0 N–H and O–H groups in total. The second-order valence-electron chi connectivity index (χ2n) is 3.10. The fraction of sp³-hybridized carbons (Fsp3) is 0.875. The average Bonchev–Trinajstić information content (AvgIpc) is 2.12. The van der Waals surface area contributed by atoms with Gasteiger partial charge in [0.25, 0.3) is 0 Å². The molecule has 0 radical (unpaired) electrons. The predicted octanol–water partition coefficient (Wildman–Crippen LogP) is 1.98. The van der Waals surface area contributed by atoms with Crippen LogP contribution in [0, 0.1) is 0 Å². The van der Waals surface area contributed by atoms with Crippen LogP contribution < -0.4 is 0 Å². The zero-order chi connectivity index (χ0) is 10.5. The molecule has 0 aliphatic heterocycles. The molecular weight excluding hydrogens is 204 g/mol. The van der Waals surface area contributed by atoms with Crippen molar-refractivity contribution in [3.63, 3.8) is 0 Å². The summed E-state index contributed by atoms with van der Waals surface area (Å²) < 4.78 is 10.6. The van der Waals surface area contributed by atoms with Gasteiger partial charge in [0, 0.05) is 14.2 Å². The molecule has 3 nitrogen and oxygen atoms in total. The zero-order valence-electron chi connectivity index (χ0n) is 8.66. The van der Waals surface area contributed by atoms with Crippen LogP contribution in [0.1, 0.15) is 19.8 Å². The Labute approximate surface area is 86.5 Å². The Bertz CT molecular complexity index is 171. The molecule has 0 heterocycles. The van der Waals surface area contributed by atoms with Crippen molar-refractivity contribution < 1.29 is 13.6 Å². The molecule has 0 aromatic carbocycles. The fourth-order valence-corrected chi connectivity index (χ4v) is 4.10. The average molecular weight is 222 g/mol. The highest BCUT2D eigenvalue weighted by Gasteiger charge is 2.42. The minimum absolute atomic E-state index is 0.125. The van der Waals surface area contributed by atoms with Crippen molar-refractivity contribution >= 4 is 26.3 Å². The van der Waals surface area contributed by atoms with Crippen LogP contribution in [0.4, 0.5) is 0 Å². The third kappa shape index (κ3) is 3.42. The molecule has 13 heavy (non-hydrogen) atoms. The summed E-state index contributed by atoms with van der Waals surface area (Å²) in [4.78, 5) is 11.2. The molecule has 5 heteroatoms. The molecule has 0 aliphatic rings. The standard InChI is InChI=1S/C8H18O3SSi/c1-5-6-7(8(9)12)13(4,10-2)11-3/h7H,5-6H2,1-4H3,(H,9,12). The van der Waals surface area contributed by atoms with Crippen molar-refractivity contribution in [2.45, 2.75) is 31.9 Å². The molecule has 0 saturated carbocycles. The summed E-state index contributed by atoms with van der Waals surface area (Å²) in [7, 11) is 0.848. The van der Waals surface area contributed by atoms with Crippen molar-refractivity contribution in [1.82, 2.24) is 0 Å². The Morgan fingerprint density at radius 3 is 2.15 bits per heavy atom. The maximum absolute atomic E-state index is 11.2. The van der Waals surface area contributed by atoms with E-state index in [0.717, 1.165) is 12.8 Å². The maximum atomic E-state index is 11.2. The highest BCUT2D eigenvalue weighted by Crippen LogP contribution is 2.30. The molecule has 1 unspecified atom stereocenters. The number of hydrogen-bond acceptors (Lipinski definition) is 3. The second-order valence-corrected chi connectivity index (χ2v) is 7.09. The first-order chi connectivity index (χ1) is 6.01. The maximum Gasteiger partial charge on any atom is 0.346 e. The lowest BCUT2D eigenvalue weighted by Crippen LogP contribution is -2.44. The quantitative estimate of drug-likeness (QED) is 0.551. The van der Waals surface area contributed by atoms with Gasteiger partial charge in [-0.1, -0.05) is 13.3 Å². The molecule has 1 atom stereocenters. The summed E-state index contributed by atoms with van der Waals surface area (Å²) in [5.41, 5.74) is -0.171. The summed E-state index contributed by atoms with van der Waals surface area (Å²) >= 11 is 3.86. The van der Waals surface area contributed by atoms with Crippen molar-refractivity contribution in [2.75, 3.05) is 14.2 Å². The van der Waals surface area contributed by atoms with Gasteiger partial charge in [0.2, 0.25) is 0 Å². The highest BCUT2D eigenvalue weighted by atomic mass is 32.1. The van der Waals surface area contributed by atoms with Crippen LogP contribution in [-0.4, -0.2) is 27.9 Å². The van der Waals surface area contributed by atoms with E-state index in [2.05, 4.69) is 12.6 Å². The van der Waals surface area contributed by atoms with Gasteiger partial charge in [-0.05, 0) is 13.0 Å². The minimum Gasteiger partial charge on any atom is -0.397 e. The van der Waals surface area contributed by atoms with E-state index in [9.17, 15) is 4.79 Å². The van der Waals surface area contributed by atoms with Crippen LogP contribution in [0.25, 0.3) is 0 Å². The van der Waals surface area contributed by atoms with E-state index in [1.54, 1.807) is 14.2 Å². The first-order valence-corrected chi connectivity index (χ1v) is 7.19. The summed E-state index contributed by atoms with van der Waals surface area (Å²) in [6.07, 6.45) is 1.72. The van der Waals surface area contributed by atoms with Gasteiger partial charge in [-0.15, -0.1) is 12.6 Å². The summed E-state index contributed by atoms with van der Waals surface area (Å²) in [5, 5.41) is -0.125. The van der Waals surface area contributed by atoms with Gasteiger partial charge in [-0.3, -0.25) is 4.79 Å². The Kier molecular flexibility index (Phi) is 5.87. The molecule has 0 amide bonds. The molecule has 0 spiro atoms. The summed E-state index contributed by atoms with van der Waals surface area (Å²) in [6, 6.07) is 0. The lowest BCUT2D eigenvalue weighted by Gasteiger charge is -2.29. The first-order valence-electron chi connectivity index (χ1n) is 4.35. The Hall–Kier alpha value is 0.157. The Morgan fingerprint density at radius 2 is 1.92 bits per heavy atom. The topological polar surface area (TPSA) is 35.5 Å². The van der Waals surface area contributed by atoms with Crippen LogP contribution in [0.15, 0.2) is 0 Å². The van der Waals surface area contributed by atoms with Crippen molar-refractivity contribution in [2.24, 2.45) is 0 Å². The van der Waals surface area contributed by atoms with E-state index in [1.807, 2.05) is 13.5 Å². The minimum atomic E-state index is -2.34. The van der Waals surface area contributed by atoms with E-state index in [-0.39, 0.29) is 10.7 Å². The Balaban J connectivity index is 4.58. The molecule has 0 rings (SSSR count). The van der Waals surface area contributed by atoms with E-state index in [1.165, 1.54) is 0 Å². The van der Waals surface area contributed by atoms with Gasteiger partial charge in [0.15, 0.2) is 5.12 Å². The third-order valence-corrected chi connectivity index (χ3v) is 6.31. The molecule has 0 fully saturated rings. The van der Waals surface area contributed by atoms with Crippen LogP contribution >= 0.6 is 12.6 Å². The van der Waals surface area contributed by atoms with E-state index in [4.69, 9.17) is 8.85 Å². The molecule has 0 aromatic heterocycles. The van der Waals surface area contributed by atoms with Gasteiger partial charge in [0.1, 0.15) is 0 Å². The molecule has 0 aromatic rings. The number of carbonyl (C=O) groups excluding carboxylic acids is 1. The number of rotatable bonds is 6. The number of carbonyl (C=O) groups is 1. The van der Waals surface area contributed by atoms with Gasteiger partial charge < -0.3 is 8.85 Å². The number of hydrogen-bond donors (Lipinski definition) is 1. The van der Waals surface area contributed by atoms with Gasteiger partial charge in [-0.2, -0.15) is 0 Å². The van der Waals surface area contributed by atoms with Crippen molar-refractivity contribution in [1.29, 1.82) is 0 Å². The number of thiol groups is 1. The zero-order valence-corrected chi connectivity index (χ0v) is 10.6. The Morgan fingerprint density at radius 1 is 1.46 bits per heavy atom. The smallest absolute Gasteiger partial charge is 0.346 e. The molecule has 0 bridgehead atoms.